The molecule has 0 aliphatic rings. The molecule has 0 saturated carbocycles. The Bertz CT molecular complexity index is 7450. The lowest BCUT2D eigenvalue weighted by Gasteiger charge is -2.27. The number of anilines is 6. The van der Waals surface area contributed by atoms with E-state index in [1.54, 1.807) is 0 Å². The van der Waals surface area contributed by atoms with E-state index in [2.05, 4.69) is 483 Å². The summed E-state index contributed by atoms with van der Waals surface area (Å²) >= 11 is 0. The minimum absolute atomic E-state index is 0.680. The van der Waals surface area contributed by atoms with E-state index in [1.165, 1.54) is 88.3 Å². The lowest BCUT2D eigenvalue weighted by atomic mass is 9.99. The number of hydrogen-bond donors (Lipinski definition) is 0. The van der Waals surface area contributed by atoms with Gasteiger partial charge in [-0.1, -0.05) is 449 Å². The fraction of sp³-hybridized carbons (Fsp3) is 0. The van der Waals surface area contributed by atoms with Gasteiger partial charge >= 0.3 is 0 Å². The molecule has 0 unspecified atom stereocenters. The minimum atomic E-state index is 0.680. The van der Waals surface area contributed by atoms with Crippen molar-refractivity contribution < 1.29 is 0 Å². The molecule has 0 N–H and O–H groups in total. The van der Waals surface area contributed by atoms with Gasteiger partial charge in [-0.15, -0.1) is 0 Å². The summed E-state index contributed by atoms with van der Waals surface area (Å²) in [5.41, 5.74) is 35.1. The summed E-state index contributed by atoms with van der Waals surface area (Å²) in [5.74, 6) is 1.38. The molecule has 0 atom stereocenters. The monoisotopic (exact) mass is 1660 g/mol. The molecular weight excluding hydrogens is 1570 g/mol. The predicted molar refractivity (Wildman–Crippen MR) is 545 cm³/mol. The second-order valence-electron chi connectivity index (χ2n) is 32.4. The van der Waals surface area contributed by atoms with Crippen LogP contribution in [0.5, 0.6) is 0 Å². The molecule has 22 rings (SSSR count). The molecule has 0 aliphatic heterocycles. The fourth-order valence-electron chi connectivity index (χ4n) is 17.4. The number of benzene rings is 20. The zero-order valence-electron chi connectivity index (χ0n) is 71.3. The predicted octanol–water partition coefficient (Wildman–Crippen LogP) is 33.5. The molecule has 20 aromatic carbocycles. The average molecular weight is 1660 g/mol. The maximum atomic E-state index is 5.20. The van der Waals surface area contributed by atoms with Gasteiger partial charge in [0.1, 0.15) is 0 Å². The van der Waals surface area contributed by atoms with E-state index in [0.29, 0.717) is 11.6 Å². The second-order valence-corrected chi connectivity index (χ2v) is 32.4. The SMILES string of the molecule is c1ccc(-c2ccc(-c3ccc(N(c4ccc(-c5ccc(-c6nc(-c7ccc(-c8ccccc8)cc7)cc(-c7ccc(-c8ccccc8)cc7)n6)cc5)cc4)c4cccc5ccccc45)cc3)cc2)cc1.c1ccc(-c2ccc(-c3ccc(N(c4ccc(-c5ccc(-c6nc(-c7ccccc7)cc(-c7ccccc7)n6)cc5)cc4)c4cccc5ccccc45)cc3)cc2)cc1. The van der Waals surface area contributed by atoms with Crippen molar-refractivity contribution >= 4 is 55.7 Å². The van der Waals surface area contributed by atoms with Gasteiger partial charge in [-0.25, -0.2) is 19.9 Å². The smallest absolute Gasteiger partial charge is 0.160 e. The maximum Gasteiger partial charge on any atom is 0.160 e. The van der Waals surface area contributed by atoms with E-state index in [0.717, 1.165) is 113 Å². The van der Waals surface area contributed by atoms with Crippen LogP contribution < -0.4 is 9.80 Å². The summed E-state index contributed by atoms with van der Waals surface area (Å²) in [6.45, 7) is 0. The molecule has 0 fully saturated rings. The highest BCUT2D eigenvalue weighted by molar-refractivity contribution is 6.01. The highest BCUT2D eigenvalue weighted by Gasteiger charge is 2.21. The van der Waals surface area contributed by atoms with Crippen LogP contribution in [0.15, 0.2) is 522 Å². The van der Waals surface area contributed by atoms with Gasteiger partial charge in [0.25, 0.3) is 0 Å². The Labute approximate surface area is 758 Å². The second kappa shape index (κ2) is 36.9. The Morgan fingerprint density at radius 3 is 0.515 bits per heavy atom. The van der Waals surface area contributed by atoms with Crippen molar-refractivity contribution in [1.82, 2.24) is 19.9 Å². The molecule has 2 heterocycles. The minimum Gasteiger partial charge on any atom is -0.310 e. The molecule has 0 aliphatic carbocycles. The van der Waals surface area contributed by atoms with E-state index in [9.17, 15) is 0 Å². The molecule has 6 heteroatoms. The summed E-state index contributed by atoms with van der Waals surface area (Å²) in [4.78, 5) is 25.2. The quantitative estimate of drug-likeness (QED) is 0.0758. The first-order valence-corrected chi connectivity index (χ1v) is 44.1. The zero-order chi connectivity index (χ0) is 86.7. The lowest BCUT2D eigenvalue weighted by Crippen LogP contribution is -2.10. The van der Waals surface area contributed by atoms with Crippen LogP contribution in [0.1, 0.15) is 0 Å². The molecule has 6 nitrogen and oxygen atoms in total. The van der Waals surface area contributed by atoms with Gasteiger partial charge in [0.2, 0.25) is 0 Å². The van der Waals surface area contributed by atoms with Crippen LogP contribution in [0.3, 0.4) is 0 Å². The summed E-state index contributed by atoms with van der Waals surface area (Å²) in [6, 6.07) is 185. The van der Waals surface area contributed by atoms with Crippen molar-refractivity contribution in [3.8, 4) is 157 Å². The third-order valence-corrected chi connectivity index (χ3v) is 24.3. The van der Waals surface area contributed by atoms with Gasteiger partial charge in [0.05, 0.1) is 34.2 Å². The summed E-state index contributed by atoms with van der Waals surface area (Å²) in [7, 11) is 0. The number of fused-ring (bicyclic) bond motifs is 2. The number of aromatic nitrogens is 4. The number of rotatable bonds is 20. The molecule has 130 heavy (non-hydrogen) atoms. The highest BCUT2D eigenvalue weighted by atomic mass is 15.1. The molecular formula is C124H86N6. The molecule has 0 spiro atoms. The normalized spacial score (nSPS) is 11.1. The Morgan fingerprint density at radius 2 is 0.285 bits per heavy atom. The van der Waals surface area contributed by atoms with E-state index in [4.69, 9.17) is 19.9 Å². The van der Waals surface area contributed by atoms with Gasteiger partial charge in [0, 0.05) is 66.9 Å². The van der Waals surface area contributed by atoms with Crippen LogP contribution in [-0.4, -0.2) is 19.9 Å². The third kappa shape index (κ3) is 17.4. The Kier molecular flexibility index (Phi) is 22.6. The van der Waals surface area contributed by atoms with Gasteiger partial charge in [-0.3, -0.25) is 0 Å². The van der Waals surface area contributed by atoms with E-state index < -0.39 is 0 Å². The molecule has 22 aromatic rings. The van der Waals surface area contributed by atoms with E-state index in [-0.39, 0.29) is 0 Å². The van der Waals surface area contributed by atoms with Gasteiger partial charge in [0.15, 0.2) is 11.6 Å². The average Bonchev–Trinajstić information content (AvgIpc) is 0.784. The molecule has 0 saturated heterocycles. The molecule has 2 aromatic heterocycles. The first kappa shape index (κ1) is 79.8. The van der Waals surface area contributed by atoms with Crippen molar-refractivity contribution in [2.45, 2.75) is 0 Å². The first-order valence-electron chi connectivity index (χ1n) is 44.1. The standard InChI is InChI=1S/C68H47N3.C56H39N3/c1-4-13-48(14-5-1)51-23-25-54(26-24-51)56-39-43-62(44-40-56)71(67-22-12-20-58-19-10-11-21-64(58)67)63-45-41-57(42-46-63)55-31-37-61(38-32-55)68-69-65(59-33-27-52(28-34-59)49-15-6-2-7-16-49)47-66(70-68)60-35-29-53(30-36-60)50-17-8-3-9-18-50;1-4-13-40(14-5-1)41-23-25-42(26-24-41)44-31-35-50(36-32-44)59(55-22-12-20-46-15-10-11-21-52(46)55)51-37-33-45(34-38-51)43-27-29-49(30-28-43)56-57-53(47-16-6-2-7-17-47)39-54(58-56)48-18-8-3-9-19-48/h1-47H;1-39H. The van der Waals surface area contributed by atoms with Crippen LogP contribution in [0.25, 0.3) is 178 Å². The highest BCUT2D eigenvalue weighted by Crippen LogP contribution is 2.45. The van der Waals surface area contributed by atoms with Gasteiger partial charge in [-0.05, 0) is 173 Å². The fourth-order valence-corrected chi connectivity index (χ4v) is 17.4. The van der Waals surface area contributed by atoms with Gasteiger partial charge in [-0.2, -0.15) is 0 Å². The Morgan fingerprint density at radius 1 is 0.123 bits per heavy atom. The Hall–Kier alpha value is -17.3. The lowest BCUT2D eigenvalue weighted by molar-refractivity contribution is 1.18. The van der Waals surface area contributed by atoms with Crippen molar-refractivity contribution in [3.05, 3.63) is 522 Å². The van der Waals surface area contributed by atoms with Crippen molar-refractivity contribution in [1.29, 1.82) is 0 Å². The van der Waals surface area contributed by atoms with Crippen LogP contribution in [-0.2, 0) is 0 Å². The third-order valence-electron chi connectivity index (χ3n) is 24.3. The largest absolute Gasteiger partial charge is 0.310 e. The number of hydrogen-bond acceptors (Lipinski definition) is 6. The van der Waals surface area contributed by atoms with Crippen LogP contribution >= 0.6 is 0 Å². The van der Waals surface area contributed by atoms with Crippen LogP contribution in [0, 0.1) is 0 Å². The molecule has 0 amide bonds. The summed E-state index contributed by atoms with van der Waals surface area (Å²) < 4.78 is 0. The van der Waals surface area contributed by atoms with Gasteiger partial charge < -0.3 is 9.80 Å². The zero-order valence-corrected chi connectivity index (χ0v) is 71.3. The number of nitrogens with zero attached hydrogens (tertiary/aromatic N) is 6. The first-order chi connectivity index (χ1) is 64.4. The Balaban J connectivity index is 0.000000160. The van der Waals surface area contributed by atoms with Crippen molar-refractivity contribution in [2.75, 3.05) is 9.80 Å². The van der Waals surface area contributed by atoms with Crippen molar-refractivity contribution in [3.63, 3.8) is 0 Å². The molecule has 0 radical (unpaired) electrons. The van der Waals surface area contributed by atoms with E-state index >= 15 is 0 Å². The summed E-state index contributed by atoms with van der Waals surface area (Å²) in [6.07, 6.45) is 0. The van der Waals surface area contributed by atoms with E-state index in [1.807, 2.05) is 48.5 Å². The summed E-state index contributed by atoms with van der Waals surface area (Å²) in [5, 5.41) is 4.80. The van der Waals surface area contributed by atoms with Crippen molar-refractivity contribution in [2.24, 2.45) is 0 Å². The molecule has 612 valence electrons. The van der Waals surface area contributed by atoms with Crippen LogP contribution in [0.4, 0.5) is 34.1 Å². The topological polar surface area (TPSA) is 58.0 Å². The maximum absolute atomic E-state index is 5.20. The van der Waals surface area contributed by atoms with Crippen LogP contribution in [0.2, 0.25) is 0 Å². The molecule has 0 bridgehead atoms.